The molecule has 3 aliphatic rings. The molecule has 1 aromatic carbocycles. The third kappa shape index (κ3) is 6.72. The number of benzene rings is 1. The van der Waals surface area contributed by atoms with Gasteiger partial charge in [0.05, 0.1) is 17.9 Å². The van der Waals surface area contributed by atoms with Crippen LogP contribution in [0.25, 0.3) is 0 Å². The summed E-state index contributed by atoms with van der Waals surface area (Å²) in [4.78, 5) is 22.4. The lowest BCUT2D eigenvalue weighted by molar-refractivity contribution is -0.0221. The van der Waals surface area contributed by atoms with Crippen LogP contribution in [0, 0.1) is 12.3 Å². The molecule has 212 valence electrons. The molecule has 0 bridgehead atoms. The highest BCUT2D eigenvalue weighted by Gasteiger charge is 2.44. The second kappa shape index (κ2) is 11.4. The molecule has 2 aromatic rings. The standard InChI is InChI=1S/C29H39F2N5O2S/c1-3-39(17-16-37)34-22-4-5-23(24(20-22)35-12-8-28(6-7-28)9-13-35)27(38)33-25-18-21(2)19-26(32-25)36-14-10-29(30,31)11-15-36/h3-5,18-20,34,37H,6-17H2,1-2H3,(H,32,33,38). The van der Waals surface area contributed by atoms with Crippen LogP contribution in [0.5, 0.6) is 0 Å². The number of nitrogens with one attached hydrogen (secondary N) is 2. The molecule has 2 aliphatic heterocycles. The number of carbonyl (C=O) groups is 1. The highest BCUT2D eigenvalue weighted by atomic mass is 32.2. The summed E-state index contributed by atoms with van der Waals surface area (Å²) in [6.45, 7) is 6.30. The average molecular weight is 560 g/mol. The minimum Gasteiger partial charge on any atom is -0.395 e. The van der Waals surface area contributed by atoms with Crippen LogP contribution < -0.4 is 19.8 Å². The predicted molar refractivity (Wildman–Crippen MR) is 158 cm³/mol. The lowest BCUT2D eigenvalue weighted by Gasteiger charge is -2.35. The van der Waals surface area contributed by atoms with Crippen LogP contribution in [-0.4, -0.2) is 65.8 Å². The summed E-state index contributed by atoms with van der Waals surface area (Å²) in [5, 5.41) is 14.4. The number of rotatable bonds is 8. The molecule has 3 fully saturated rings. The summed E-state index contributed by atoms with van der Waals surface area (Å²) in [6, 6.07) is 9.50. The lowest BCUT2D eigenvalue weighted by Crippen LogP contribution is -2.39. The minimum atomic E-state index is -2.63. The molecule has 10 heteroatoms. The van der Waals surface area contributed by atoms with Crippen LogP contribution in [-0.2, 0) is 0 Å². The van der Waals surface area contributed by atoms with E-state index in [1.807, 2.05) is 49.1 Å². The Balaban J connectivity index is 1.38. The van der Waals surface area contributed by atoms with Gasteiger partial charge < -0.3 is 24.9 Å². The van der Waals surface area contributed by atoms with Crippen molar-refractivity contribution in [2.45, 2.75) is 58.3 Å². The molecule has 1 spiro atoms. The van der Waals surface area contributed by atoms with Crippen molar-refractivity contribution in [1.82, 2.24) is 4.98 Å². The van der Waals surface area contributed by atoms with Crippen molar-refractivity contribution in [3.8, 4) is 0 Å². The maximum absolute atomic E-state index is 13.7. The fourth-order valence-electron chi connectivity index (χ4n) is 5.55. The van der Waals surface area contributed by atoms with Gasteiger partial charge in [0, 0.05) is 50.5 Å². The van der Waals surface area contributed by atoms with E-state index in [4.69, 9.17) is 0 Å². The number of pyridine rings is 1. The normalized spacial score (nSPS) is 20.6. The Labute approximate surface area is 232 Å². The number of hydrogen-bond donors (Lipinski definition) is 3. The Kier molecular flexibility index (Phi) is 8.14. The molecule has 3 N–H and O–H groups in total. The SMILES string of the molecule is C/C=S(\CCO)Nc1ccc(C(=O)Nc2cc(C)cc(N3CCC(F)(F)CC3)n2)c(N2CCC3(CC2)CC3)c1. The number of aliphatic hydroxyl groups excluding tert-OH is 1. The number of carbonyl (C=O) groups excluding carboxylic acids is 1. The van der Waals surface area contributed by atoms with Crippen LogP contribution in [0.3, 0.4) is 0 Å². The van der Waals surface area contributed by atoms with Crippen LogP contribution in [0.2, 0.25) is 0 Å². The summed E-state index contributed by atoms with van der Waals surface area (Å²) in [5.41, 5.74) is 3.81. The topological polar surface area (TPSA) is 80.7 Å². The third-order valence-electron chi connectivity index (χ3n) is 8.23. The van der Waals surface area contributed by atoms with E-state index in [0.29, 0.717) is 28.4 Å². The number of piperidine rings is 2. The highest BCUT2D eigenvalue weighted by molar-refractivity contribution is 8.16. The number of aliphatic hydroxyl groups is 1. The summed E-state index contributed by atoms with van der Waals surface area (Å²) in [6.07, 6.45) is 4.51. The van der Waals surface area contributed by atoms with Crippen LogP contribution >= 0.6 is 10.7 Å². The van der Waals surface area contributed by atoms with Crippen LogP contribution in [0.1, 0.15) is 61.4 Å². The van der Waals surface area contributed by atoms with E-state index in [0.717, 1.165) is 42.9 Å². The number of amides is 1. The van der Waals surface area contributed by atoms with E-state index in [1.54, 1.807) is 0 Å². The highest BCUT2D eigenvalue weighted by Crippen LogP contribution is 2.54. The average Bonchev–Trinajstić information content (AvgIpc) is 3.67. The number of nitrogens with zero attached hydrogens (tertiary/aromatic N) is 3. The first-order valence-corrected chi connectivity index (χ1v) is 15.3. The number of halogens is 2. The fraction of sp³-hybridized carbons (Fsp3) is 0.552. The molecular formula is C29H39F2N5O2S. The molecule has 7 nitrogen and oxygen atoms in total. The molecule has 1 amide bonds. The zero-order chi connectivity index (χ0) is 27.6. The van der Waals surface area contributed by atoms with Gasteiger partial charge in [0.1, 0.15) is 11.6 Å². The molecule has 3 heterocycles. The number of aromatic nitrogens is 1. The van der Waals surface area contributed by atoms with E-state index in [-0.39, 0.29) is 49.1 Å². The van der Waals surface area contributed by atoms with Crippen molar-refractivity contribution in [3.05, 3.63) is 41.5 Å². The van der Waals surface area contributed by atoms with Gasteiger partial charge in [-0.05, 0) is 86.2 Å². The van der Waals surface area contributed by atoms with E-state index in [9.17, 15) is 18.7 Å². The molecule has 1 aliphatic carbocycles. The smallest absolute Gasteiger partial charge is 0.258 e. The Morgan fingerprint density at radius 3 is 2.38 bits per heavy atom. The van der Waals surface area contributed by atoms with E-state index in [2.05, 4.69) is 25.3 Å². The van der Waals surface area contributed by atoms with Gasteiger partial charge in [0.15, 0.2) is 0 Å². The first kappa shape index (κ1) is 27.8. The van der Waals surface area contributed by atoms with Crippen molar-refractivity contribution >= 4 is 45.0 Å². The molecule has 5 rings (SSSR count). The summed E-state index contributed by atoms with van der Waals surface area (Å²) in [5.74, 6) is -1.21. The van der Waals surface area contributed by atoms with Crippen LogP contribution in [0.15, 0.2) is 30.3 Å². The van der Waals surface area contributed by atoms with Gasteiger partial charge in [-0.2, -0.15) is 0 Å². The molecule has 2 saturated heterocycles. The second-order valence-electron chi connectivity index (χ2n) is 11.1. The summed E-state index contributed by atoms with van der Waals surface area (Å²) in [7, 11) is -0.265. The minimum absolute atomic E-state index is 0.105. The molecule has 1 saturated carbocycles. The Hall–Kier alpha value is -2.72. The second-order valence-corrected chi connectivity index (χ2v) is 13.0. The van der Waals surface area contributed by atoms with Gasteiger partial charge in [-0.3, -0.25) is 4.79 Å². The quantitative estimate of drug-likeness (QED) is 0.362. The number of aryl methyl sites for hydroxylation is 1. The number of hydrogen-bond acceptors (Lipinski definition) is 6. The monoisotopic (exact) mass is 559 g/mol. The Morgan fingerprint density at radius 2 is 1.74 bits per heavy atom. The van der Waals surface area contributed by atoms with Gasteiger partial charge in [-0.1, -0.05) is 10.7 Å². The number of anilines is 4. The maximum Gasteiger partial charge on any atom is 0.258 e. The first-order valence-electron chi connectivity index (χ1n) is 13.9. The van der Waals surface area contributed by atoms with Gasteiger partial charge in [0.25, 0.3) is 11.8 Å². The zero-order valence-corrected chi connectivity index (χ0v) is 23.6. The van der Waals surface area contributed by atoms with Crippen molar-refractivity contribution in [3.63, 3.8) is 0 Å². The molecule has 1 unspecified atom stereocenters. The molecule has 1 aromatic heterocycles. The fourth-order valence-corrected chi connectivity index (χ4v) is 6.63. The maximum atomic E-state index is 13.7. The summed E-state index contributed by atoms with van der Waals surface area (Å²) < 4.78 is 30.9. The first-order chi connectivity index (χ1) is 18.7. The van der Waals surface area contributed by atoms with E-state index in [1.165, 1.54) is 12.8 Å². The van der Waals surface area contributed by atoms with Crippen molar-refractivity contribution in [1.29, 1.82) is 0 Å². The largest absolute Gasteiger partial charge is 0.395 e. The summed E-state index contributed by atoms with van der Waals surface area (Å²) >= 11 is 0. The lowest BCUT2D eigenvalue weighted by atomic mass is 9.93. The van der Waals surface area contributed by atoms with E-state index < -0.39 is 5.92 Å². The molecule has 0 radical (unpaired) electrons. The van der Waals surface area contributed by atoms with Gasteiger partial charge in [0.2, 0.25) is 0 Å². The molecular weight excluding hydrogens is 520 g/mol. The predicted octanol–water partition coefficient (Wildman–Crippen LogP) is 5.67. The zero-order valence-electron chi connectivity index (χ0n) is 22.8. The van der Waals surface area contributed by atoms with E-state index >= 15 is 0 Å². The molecule has 1 atom stereocenters. The van der Waals surface area contributed by atoms with Gasteiger partial charge in [-0.15, -0.1) is 0 Å². The molecule has 39 heavy (non-hydrogen) atoms. The van der Waals surface area contributed by atoms with Crippen LogP contribution in [0.4, 0.5) is 31.8 Å². The third-order valence-corrected chi connectivity index (χ3v) is 9.91. The Bertz CT molecular complexity index is 1230. The Morgan fingerprint density at radius 1 is 1.05 bits per heavy atom. The van der Waals surface area contributed by atoms with Crippen molar-refractivity contribution in [2.24, 2.45) is 5.41 Å². The van der Waals surface area contributed by atoms with Crippen molar-refractivity contribution < 1.29 is 18.7 Å². The van der Waals surface area contributed by atoms with Gasteiger partial charge >= 0.3 is 0 Å². The van der Waals surface area contributed by atoms with Crippen molar-refractivity contribution in [2.75, 3.05) is 58.4 Å². The van der Waals surface area contributed by atoms with Gasteiger partial charge in [-0.25, -0.2) is 13.8 Å². The number of alkyl halides is 2.